The minimum absolute atomic E-state index is 0.00526. The first-order valence-electron chi connectivity index (χ1n) is 10.8. The third-order valence-corrected chi connectivity index (χ3v) is 6.52. The molecule has 0 saturated carbocycles. The van der Waals surface area contributed by atoms with Gasteiger partial charge in [0, 0.05) is 29.7 Å². The average molecular weight is 501 g/mol. The van der Waals surface area contributed by atoms with E-state index in [4.69, 9.17) is 20.9 Å². The molecule has 0 amide bonds. The van der Waals surface area contributed by atoms with Crippen LogP contribution in [0.1, 0.15) is 30.9 Å². The number of hydrogen-bond donors (Lipinski definition) is 3. The standard InChI is InChI=1S/C23H30ClFN2O5S/c1-23(28,16-32-22-18(14-33(29,30)31)3-2-4-21(22)25)15-26-20-9-11-27(12-10-20)13-17-5-7-19(24)8-6-17/h2-8,20,26,28H,9-16H2,1H3,(H,29,30,31)/t23-/m0/s1. The summed E-state index contributed by atoms with van der Waals surface area (Å²) in [6.45, 7) is 4.27. The summed E-state index contributed by atoms with van der Waals surface area (Å²) in [4.78, 5) is 2.37. The van der Waals surface area contributed by atoms with Gasteiger partial charge in [0.05, 0.1) is 0 Å². The van der Waals surface area contributed by atoms with Crippen molar-refractivity contribution in [3.8, 4) is 5.75 Å². The first-order valence-corrected chi connectivity index (χ1v) is 12.8. The van der Waals surface area contributed by atoms with Gasteiger partial charge in [-0.2, -0.15) is 8.42 Å². The summed E-state index contributed by atoms with van der Waals surface area (Å²) in [5.41, 5.74) is -0.0975. The molecule has 2 aromatic carbocycles. The van der Waals surface area contributed by atoms with Crippen molar-refractivity contribution in [2.24, 2.45) is 0 Å². The second-order valence-electron chi connectivity index (χ2n) is 8.80. The number of benzene rings is 2. The molecule has 0 aliphatic carbocycles. The molecule has 3 rings (SSSR count). The van der Waals surface area contributed by atoms with Crippen LogP contribution in [-0.4, -0.2) is 60.9 Å². The van der Waals surface area contributed by atoms with Crippen molar-refractivity contribution in [2.75, 3.05) is 26.2 Å². The second-order valence-corrected chi connectivity index (χ2v) is 10.7. The van der Waals surface area contributed by atoms with Crippen LogP contribution in [0.25, 0.3) is 0 Å². The lowest BCUT2D eigenvalue weighted by Crippen LogP contribution is -2.49. The highest BCUT2D eigenvalue weighted by Gasteiger charge is 2.26. The van der Waals surface area contributed by atoms with Crippen molar-refractivity contribution in [2.45, 2.75) is 43.7 Å². The molecule has 1 atom stereocenters. The number of nitrogens with zero attached hydrogens (tertiary/aromatic N) is 1. The number of likely N-dealkylation sites (tertiary alicyclic amines) is 1. The molecule has 1 heterocycles. The number of hydrogen-bond acceptors (Lipinski definition) is 6. The van der Waals surface area contributed by atoms with Crippen LogP contribution in [0.15, 0.2) is 42.5 Å². The van der Waals surface area contributed by atoms with Gasteiger partial charge in [0.15, 0.2) is 11.6 Å². The van der Waals surface area contributed by atoms with E-state index in [-0.39, 0.29) is 30.5 Å². The minimum atomic E-state index is -4.35. The second kappa shape index (κ2) is 11.1. The van der Waals surface area contributed by atoms with Gasteiger partial charge in [-0.15, -0.1) is 0 Å². The molecule has 1 aliphatic heterocycles. The smallest absolute Gasteiger partial charge is 0.269 e. The molecule has 2 aromatic rings. The van der Waals surface area contributed by atoms with Crippen molar-refractivity contribution in [3.63, 3.8) is 0 Å². The fourth-order valence-corrected chi connectivity index (χ4v) is 4.56. The molecule has 0 spiro atoms. The number of para-hydroxylation sites is 1. The summed E-state index contributed by atoms with van der Waals surface area (Å²) in [6, 6.07) is 11.9. The molecule has 7 nitrogen and oxygen atoms in total. The first kappa shape index (κ1) is 25.9. The van der Waals surface area contributed by atoms with Crippen LogP contribution < -0.4 is 10.1 Å². The van der Waals surface area contributed by atoms with E-state index in [1.54, 1.807) is 6.92 Å². The highest BCUT2D eigenvalue weighted by Crippen LogP contribution is 2.25. The van der Waals surface area contributed by atoms with Gasteiger partial charge in [0.1, 0.15) is 18.0 Å². The summed E-state index contributed by atoms with van der Waals surface area (Å²) in [7, 11) is -4.35. The van der Waals surface area contributed by atoms with Gasteiger partial charge in [-0.05, 0) is 56.6 Å². The Labute approximate surface area is 199 Å². The van der Waals surface area contributed by atoms with E-state index >= 15 is 0 Å². The van der Waals surface area contributed by atoms with E-state index < -0.39 is 27.3 Å². The number of aliphatic hydroxyl groups is 1. The lowest BCUT2D eigenvalue weighted by Gasteiger charge is -2.34. The molecule has 0 bridgehead atoms. The van der Waals surface area contributed by atoms with Crippen LogP contribution in [0.4, 0.5) is 4.39 Å². The third kappa shape index (κ3) is 8.51. The van der Waals surface area contributed by atoms with E-state index in [0.29, 0.717) is 0 Å². The number of rotatable bonds is 10. The van der Waals surface area contributed by atoms with Gasteiger partial charge < -0.3 is 15.2 Å². The fourth-order valence-electron chi connectivity index (χ4n) is 3.81. The number of ether oxygens (including phenoxy) is 1. The van der Waals surface area contributed by atoms with Crippen molar-refractivity contribution < 1.29 is 27.2 Å². The highest BCUT2D eigenvalue weighted by molar-refractivity contribution is 7.85. The summed E-state index contributed by atoms with van der Waals surface area (Å²) in [6.07, 6.45) is 1.85. The Bertz CT molecular complexity index is 1030. The van der Waals surface area contributed by atoms with E-state index in [1.807, 2.05) is 24.3 Å². The van der Waals surface area contributed by atoms with Gasteiger partial charge >= 0.3 is 0 Å². The normalized spacial score (nSPS) is 17.6. The zero-order valence-corrected chi connectivity index (χ0v) is 20.1. The monoisotopic (exact) mass is 500 g/mol. The van der Waals surface area contributed by atoms with Crippen LogP contribution in [-0.2, 0) is 22.4 Å². The summed E-state index contributed by atoms with van der Waals surface area (Å²) in [5, 5.41) is 14.8. The van der Waals surface area contributed by atoms with Crippen LogP contribution >= 0.6 is 11.6 Å². The summed E-state index contributed by atoms with van der Waals surface area (Å²) in [5.74, 6) is -1.81. The Morgan fingerprint density at radius 1 is 1.21 bits per heavy atom. The largest absolute Gasteiger partial charge is 0.487 e. The lowest BCUT2D eigenvalue weighted by atomic mass is 10.0. The van der Waals surface area contributed by atoms with Crippen LogP contribution in [0.3, 0.4) is 0 Å². The SMILES string of the molecule is C[C@](O)(CNC1CCN(Cc2ccc(Cl)cc2)CC1)COc1c(F)cccc1CS(=O)(=O)O. The van der Waals surface area contributed by atoms with E-state index in [2.05, 4.69) is 10.2 Å². The average Bonchev–Trinajstić information content (AvgIpc) is 2.73. The third-order valence-electron chi connectivity index (χ3n) is 5.59. The zero-order valence-electron chi connectivity index (χ0n) is 18.5. The quantitative estimate of drug-likeness (QED) is 0.431. The lowest BCUT2D eigenvalue weighted by molar-refractivity contribution is 0.00685. The van der Waals surface area contributed by atoms with E-state index in [0.717, 1.165) is 43.6 Å². The van der Waals surface area contributed by atoms with Gasteiger partial charge in [-0.1, -0.05) is 35.9 Å². The molecule has 3 N–H and O–H groups in total. The summed E-state index contributed by atoms with van der Waals surface area (Å²) >= 11 is 5.94. The van der Waals surface area contributed by atoms with E-state index in [9.17, 15) is 17.9 Å². The topological polar surface area (TPSA) is 99.1 Å². The molecular weight excluding hydrogens is 471 g/mol. The van der Waals surface area contributed by atoms with Crippen molar-refractivity contribution in [3.05, 3.63) is 64.4 Å². The number of nitrogens with one attached hydrogen (secondary N) is 1. The molecule has 1 aliphatic rings. The first-order chi connectivity index (χ1) is 15.5. The molecular formula is C23H30ClFN2O5S. The Morgan fingerprint density at radius 2 is 1.88 bits per heavy atom. The molecule has 0 radical (unpaired) electrons. The van der Waals surface area contributed by atoms with Gasteiger partial charge in [-0.3, -0.25) is 9.45 Å². The van der Waals surface area contributed by atoms with Crippen LogP contribution in [0.5, 0.6) is 5.75 Å². The Balaban J connectivity index is 1.46. The predicted octanol–water partition coefficient (Wildman–Crippen LogP) is 3.25. The van der Waals surface area contributed by atoms with Gasteiger partial charge in [-0.25, -0.2) is 4.39 Å². The Morgan fingerprint density at radius 3 is 2.52 bits per heavy atom. The predicted molar refractivity (Wildman–Crippen MR) is 126 cm³/mol. The molecule has 1 fully saturated rings. The maximum Gasteiger partial charge on any atom is 0.269 e. The highest BCUT2D eigenvalue weighted by atomic mass is 35.5. The van der Waals surface area contributed by atoms with Crippen LogP contribution in [0, 0.1) is 5.82 Å². The van der Waals surface area contributed by atoms with Crippen molar-refractivity contribution >= 4 is 21.7 Å². The van der Waals surface area contributed by atoms with Gasteiger partial charge in [0.2, 0.25) is 0 Å². The van der Waals surface area contributed by atoms with Crippen molar-refractivity contribution in [1.29, 1.82) is 0 Å². The number of halogens is 2. The molecule has 1 saturated heterocycles. The molecule has 33 heavy (non-hydrogen) atoms. The van der Waals surface area contributed by atoms with Crippen molar-refractivity contribution in [1.82, 2.24) is 10.2 Å². The molecule has 182 valence electrons. The van der Waals surface area contributed by atoms with Crippen LogP contribution in [0.2, 0.25) is 5.02 Å². The van der Waals surface area contributed by atoms with Gasteiger partial charge in [0.25, 0.3) is 10.1 Å². The fraction of sp³-hybridized carbons (Fsp3) is 0.478. The molecule has 0 unspecified atom stereocenters. The number of piperidine rings is 1. The Hall–Kier alpha value is -1.75. The maximum absolute atomic E-state index is 14.2. The van der Waals surface area contributed by atoms with E-state index in [1.165, 1.54) is 17.7 Å². The maximum atomic E-state index is 14.2. The zero-order chi connectivity index (χ0) is 24.1. The molecule has 0 aromatic heterocycles. The minimum Gasteiger partial charge on any atom is -0.487 e. The Kier molecular flexibility index (Phi) is 8.71. The summed E-state index contributed by atoms with van der Waals surface area (Å²) < 4.78 is 51.1. The molecule has 10 heteroatoms.